The molecule has 0 aliphatic carbocycles. The highest BCUT2D eigenvalue weighted by atomic mass is 79.9. The molecule has 24 heavy (non-hydrogen) atoms. The maximum absolute atomic E-state index is 11.1. The zero-order valence-electron chi connectivity index (χ0n) is 13.4. The molecule has 1 aliphatic rings. The fourth-order valence-corrected chi connectivity index (χ4v) is 2.62. The van der Waals surface area contributed by atoms with Gasteiger partial charge in [-0.05, 0) is 30.2 Å². The van der Waals surface area contributed by atoms with Gasteiger partial charge in [0, 0.05) is 4.47 Å². The van der Waals surface area contributed by atoms with Crippen LogP contribution in [0.5, 0.6) is 5.75 Å². The molecule has 1 saturated heterocycles. The smallest absolute Gasteiger partial charge is 0.407 e. The summed E-state index contributed by atoms with van der Waals surface area (Å²) in [5.74, 6) is 1.84. The topological polar surface area (TPSA) is 86.5 Å². The Balaban J connectivity index is 1.69. The molecule has 1 aliphatic heterocycles. The van der Waals surface area contributed by atoms with E-state index in [1.165, 1.54) is 0 Å². The SMILES string of the molecule is CC(C)C(Oc1ccc(Br)cc1)c1noc(C[C@H]2COC(=O)N2)n1. The number of cyclic esters (lactones) is 1. The molecule has 8 heteroatoms. The molecular formula is C16H18BrN3O4. The zero-order valence-corrected chi connectivity index (χ0v) is 14.9. The van der Waals surface area contributed by atoms with E-state index in [9.17, 15) is 4.79 Å². The van der Waals surface area contributed by atoms with E-state index in [2.05, 4.69) is 31.4 Å². The molecule has 1 aromatic carbocycles. The first kappa shape index (κ1) is 16.8. The summed E-state index contributed by atoms with van der Waals surface area (Å²) in [6.45, 7) is 4.37. The fourth-order valence-electron chi connectivity index (χ4n) is 2.36. The molecule has 1 fully saturated rings. The van der Waals surface area contributed by atoms with Gasteiger partial charge < -0.3 is 19.3 Å². The van der Waals surface area contributed by atoms with Crippen molar-refractivity contribution >= 4 is 22.0 Å². The van der Waals surface area contributed by atoms with Crippen molar-refractivity contribution in [2.75, 3.05) is 6.61 Å². The number of benzene rings is 1. The van der Waals surface area contributed by atoms with Crippen molar-refractivity contribution in [2.24, 2.45) is 5.92 Å². The van der Waals surface area contributed by atoms with Crippen LogP contribution in [0, 0.1) is 5.92 Å². The van der Waals surface area contributed by atoms with Crippen LogP contribution in [-0.4, -0.2) is 28.9 Å². The molecule has 1 amide bonds. The number of amides is 1. The lowest BCUT2D eigenvalue weighted by molar-refractivity contribution is 0.141. The number of alkyl carbamates (subject to hydrolysis) is 1. The second kappa shape index (κ2) is 7.21. The Hall–Kier alpha value is -2.09. The molecule has 1 unspecified atom stereocenters. The molecule has 3 rings (SSSR count). The highest BCUT2D eigenvalue weighted by Gasteiger charge is 2.27. The van der Waals surface area contributed by atoms with Crippen molar-refractivity contribution in [3.63, 3.8) is 0 Å². The number of nitrogens with one attached hydrogen (secondary N) is 1. The van der Waals surface area contributed by atoms with Crippen LogP contribution in [-0.2, 0) is 11.2 Å². The first-order chi connectivity index (χ1) is 11.5. The van der Waals surface area contributed by atoms with Crippen molar-refractivity contribution < 1.29 is 18.8 Å². The minimum atomic E-state index is -0.418. The third-order valence-corrected chi connectivity index (χ3v) is 4.11. The van der Waals surface area contributed by atoms with Gasteiger partial charge in [-0.2, -0.15) is 4.98 Å². The molecule has 7 nitrogen and oxygen atoms in total. The van der Waals surface area contributed by atoms with Gasteiger partial charge in [-0.15, -0.1) is 0 Å². The quantitative estimate of drug-likeness (QED) is 0.807. The van der Waals surface area contributed by atoms with Crippen LogP contribution in [0.1, 0.15) is 31.7 Å². The van der Waals surface area contributed by atoms with Gasteiger partial charge in [-0.25, -0.2) is 4.79 Å². The fraction of sp³-hybridized carbons (Fsp3) is 0.438. The number of carbonyl (C=O) groups excluding carboxylic acids is 1. The lowest BCUT2D eigenvalue weighted by Gasteiger charge is -2.19. The molecule has 128 valence electrons. The predicted molar refractivity (Wildman–Crippen MR) is 88.6 cm³/mol. The Bertz CT molecular complexity index is 702. The predicted octanol–water partition coefficient (Wildman–Crippen LogP) is 3.26. The molecule has 0 bridgehead atoms. The van der Waals surface area contributed by atoms with Gasteiger partial charge in [0.2, 0.25) is 11.7 Å². The summed E-state index contributed by atoms with van der Waals surface area (Å²) in [7, 11) is 0. The summed E-state index contributed by atoms with van der Waals surface area (Å²) in [6, 6.07) is 7.45. The number of aromatic nitrogens is 2. The van der Waals surface area contributed by atoms with Gasteiger partial charge in [0.15, 0.2) is 6.10 Å². The number of nitrogens with zero attached hydrogens (tertiary/aromatic N) is 2. The van der Waals surface area contributed by atoms with Gasteiger partial charge in [-0.3, -0.25) is 0 Å². The first-order valence-electron chi connectivity index (χ1n) is 7.69. The van der Waals surface area contributed by atoms with Crippen molar-refractivity contribution in [1.29, 1.82) is 0 Å². The summed E-state index contributed by atoms with van der Waals surface area (Å²) >= 11 is 3.40. The number of hydrogen-bond acceptors (Lipinski definition) is 6. The summed E-state index contributed by atoms with van der Waals surface area (Å²) in [5.41, 5.74) is 0. The molecular weight excluding hydrogens is 378 g/mol. The van der Waals surface area contributed by atoms with E-state index in [1.807, 2.05) is 38.1 Å². The van der Waals surface area contributed by atoms with Crippen molar-refractivity contribution in [1.82, 2.24) is 15.5 Å². The molecule has 2 atom stereocenters. The number of halogens is 1. The lowest BCUT2D eigenvalue weighted by atomic mass is 10.1. The van der Waals surface area contributed by atoms with Crippen LogP contribution in [0.2, 0.25) is 0 Å². The van der Waals surface area contributed by atoms with E-state index in [0.717, 1.165) is 10.2 Å². The minimum Gasteiger partial charge on any atom is -0.482 e. The molecule has 1 aromatic heterocycles. The van der Waals surface area contributed by atoms with Gasteiger partial charge in [0.05, 0.1) is 12.5 Å². The van der Waals surface area contributed by atoms with Crippen molar-refractivity contribution in [3.05, 3.63) is 40.5 Å². The van der Waals surface area contributed by atoms with E-state index >= 15 is 0 Å². The second-order valence-corrected chi connectivity index (χ2v) is 6.84. The molecule has 2 heterocycles. The lowest BCUT2D eigenvalue weighted by Crippen LogP contribution is -2.28. The Morgan fingerprint density at radius 1 is 1.38 bits per heavy atom. The molecule has 0 spiro atoms. The van der Waals surface area contributed by atoms with Gasteiger partial charge in [-0.1, -0.05) is 34.9 Å². The summed E-state index contributed by atoms with van der Waals surface area (Å²) in [6.07, 6.45) is -0.307. The summed E-state index contributed by atoms with van der Waals surface area (Å²) in [4.78, 5) is 15.5. The normalized spacial score (nSPS) is 18.3. The van der Waals surface area contributed by atoms with Crippen LogP contribution in [0.4, 0.5) is 4.79 Å². The third kappa shape index (κ3) is 4.05. The third-order valence-electron chi connectivity index (χ3n) is 3.58. The van der Waals surface area contributed by atoms with E-state index in [4.69, 9.17) is 14.0 Å². The molecule has 0 saturated carbocycles. The number of ether oxygens (including phenoxy) is 2. The summed E-state index contributed by atoms with van der Waals surface area (Å²) < 4.78 is 17.1. The van der Waals surface area contributed by atoms with Crippen LogP contribution in [0.15, 0.2) is 33.3 Å². The van der Waals surface area contributed by atoms with Crippen LogP contribution in [0.25, 0.3) is 0 Å². The standard InChI is InChI=1S/C16H18BrN3O4/c1-9(2)14(23-12-5-3-10(17)4-6-12)15-19-13(24-20-15)7-11-8-22-16(21)18-11/h3-6,9,11,14H,7-8H2,1-2H3,(H,18,21)/t11-,14?/m0/s1. The maximum Gasteiger partial charge on any atom is 0.407 e. The van der Waals surface area contributed by atoms with Crippen LogP contribution in [0.3, 0.4) is 0 Å². The van der Waals surface area contributed by atoms with E-state index < -0.39 is 6.09 Å². The van der Waals surface area contributed by atoms with Crippen LogP contribution < -0.4 is 10.1 Å². The number of hydrogen-bond donors (Lipinski definition) is 1. The van der Waals surface area contributed by atoms with E-state index in [1.54, 1.807) is 0 Å². The Morgan fingerprint density at radius 2 is 2.12 bits per heavy atom. The number of rotatable bonds is 6. The Morgan fingerprint density at radius 3 is 2.75 bits per heavy atom. The van der Waals surface area contributed by atoms with Gasteiger partial charge in [0.25, 0.3) is 0 Å². The Kier molecular flexibility index (Phi) is 5.03. The zero-order chi connectivity index (χ0) is 17.1. The Labute approximate surface area is 147 Å². The number of carbonyl (C=O) groups is 1. The highest BCUT2D eigenvalue weighted by Crippen LogP contribution is 2.27. The average Bonchev–Trinajstić information content (AvgIpc) is 3.16. The van der Waals surface area contributed by atoms with Crippen LogP contribution >= 0.6 is 15.9 Å². The monoisotopic (exact) mass is 395 g/mol. The van der Waals surface area contributed by atoms with Gasteiger partial charge in [0.1, 0.15) is 12.4 Å². The average molecular weight is 396 g/mol. The second-order valence-electron chi connectivity index (χ2n) is 5.93. The van der Waals surface area contributed by atoms with Crippen molar-refractivity contribution in [2.45, 2.75) is 32.4 Å². The molecule has 2 aromatic rings. The largest absolute Gasteiger partial charge is 0.482 e. The highest BCUT2D eigenvalue weighted by molar-refractivity contribution is 9.10. The van der Waals surface area contributed by atoms with Gasteiger partial charge >= 0.3 is 6.09 Å². The van der Waals surface area contributed by atoms with E-state index in [-0.39, 0.29) is 18.1 Å². The molecule has 0 radical (unpaired) electrons. The maximum atomic E-state index is 11.1. The summed E-state index contributed by atoms with van der Waals surface area (Å²) in [5, 5.41) is 6.72. The molecule has 1 N–H and O–H groups in total. The van der Waals surface area contributed by atoms with E-state index in [0.29, 0.717) is 24.7 Å². The first-order valence-corrected chi connectivity index (χ1v) is 8.48. The van der Waals surface area contributed by atoms with Crippen molar-refractivity contribution in [3.8, 4) is 5.75 Å². The minimum absolute atomic E-state index is 0.143.